The van der Waals surface area contributed by atoms with Crippen molar-refractivity contribution in [2.45, 2.75) is 32.6 Å². The molecule has 1 saturated heterocycles. The zero-order valence-corrected chi connectivity index (χ0v) is 12.6. The van der Waals surface area contributed by atoms with Crippen LogP contribution in [0.3, 0.4) is 0 Å². The molecule has 2 nitrogen and oxygen atoms in total. The number of hydrogen-bond acceptors (Lipinski definition) is 2. The highest BCUT2D eigenvalue weighted by molar-refractivity contribution is 9.10. The molecule has 0 unspecified atom stereocenters. The van der Waals surface area contributed by atoms with Gasteiger partial charge in [0.2, 0.25) is 0 Å². The van der Waals surface area contributed by atoms with Crippen molar-refractivity contribution in [2.24, 2.45) is 5.92 Å². The lowest BCUT2D eigenvalue weighted by atomic mass is 9.95. The van der Waals surface area contributed by atoms with Gasteiger partial charge in [0.1, 0.15) is 5.75 Å². The van der Waals surface area contributed by atoms with E-state index in [9.17, 15) is 0 Å². The van der Waals surface area contributed by atoms with Gasteiger partial charge in [0, 0.05) is 10.0 Å². The van der Waals surface area contributed by atoms with Crippen LogP contribution in [0.25, 0.3) is 0 Å². The van der Waals surface area contributed by atoms with Gasteiger partial charge in [-0.15, -0.1) is 0 Å². The zero-order chi connectivity index (χ0) is 12.8. The summed E-state index contributed by atoms with van der Waals surface area (Å²) in [5.41, 5.74) is 1.19. The molecule has 1 aromatic carbocycles. The van der Waals surface area contributed by atoms with E-state index in [0.717, 1.165) is 29.2 Å². The summed E-state index contributed by atoms with van der Waals surface area (Å²) in [4.78, 5) is 0. The molecule has 0 aliphatic carbocycles. The average molecular weight is 312 g/mol. The lowest BCUT2D eigenvalue weighted by Gasteiger charge is -2.22. The fourth-order valence-electron chi connectivity index (χ4n) is 2.47. The van der Waals surface area contributed by atoms with Gasteiger partial charge in [0.05, 0.1) is 6.61 Å². The molecule has 2 rings (SSSR count). The van der Waals surface area contributed by atoms with E-state index in [1.165, 1.54) is 37.9 Å². The molecule has 3 heteroatoms. The van der Waals surface area contributed by atoms with Gasteiger partial charge in [-0.25, -0.2) is 0 Å². The fraction of sp³-hybridized carbons (Fsp3) is 0.600. The third-order valence-corrected chi connectivity index (χ3v) is 4.49. The van der Waals surface area contributed by atoms with E-state index >= 15 is 0 Å². The van der Waals surface area contributed by atoms with Crippen LogP contribution < -0.4 is 10.1 Å². The fourth-order valence-corrected chi connectivity index (χ4v) is 2.82. The van der Waals surface area contributed by atoms with Crippen LogP contribution in [0.2, 0.25) is 0 Å². The summed E-state index contributed by atoms with van der Waals surface area (Å²) in [6.45, 7) is 5.30. The topological polar surface area (TPSA) is 21.3 Å². The molecule has 1 heterocycles. The minimum absolute atomic E-state index is 0.827. The average Bonchev–Trinajstić information content (AvgIpc) is 2.40. The first-order chi connectivity index (χ1) is 8.77. The van der Waals surface area contributed by atoms with E-state index < -0.39 is 0 Å². The van der Waals surface area contributed by atoms with Crippen LogP contribution in [0.15, 0.2) is 22.7 Å². The number of nitrogens with one attached hydrogen (secondary N) is 1. The normalized spacial score (nSPS) is 19.8. The molecule has 1 aliphatic heterocycles. The molecule has 0 radical (unpaired) electrons. The largest absolute Gasteiger partial charge is 0.493 e. The van der Waals surface area contributed by atoms with Crippen molar-refractivity contribution in [3.05, 3.63) is 28.2 Å². The first-order valence-corrected chi connectivity index (χ1v) is 7.65. The van der Waals surface area contributed by atoms with Crippen molar-refractivity contribution in [2.75, 3.05) is 19.7 Å². The quantitative estimate of drug-likeness (QED) is 0.832. The molecule has 0 spiro atoms. The summed E-state index contributed by atoms with van der Waals surface area (Å²) in [7, 11) is 0. The second kappa shape index (κ2) is 7.15. The molecule has 1 fully saturated rings. The maximum Gasteiger partial charge on any atom is 0.123 e. The van der Waals surface area contributed by atoms with Crippen LogP contribution in [-0.4, -0.2) is 19.7 Å². The van der Waals surface area contributed by atoms with Gasteiger partial charge in [0.15, 0.2) is 0 Å². The lowest BCUT2D eigenvalue weighted by molar-refractivity contribution is 0.274. The Morgan fingerprint density at radius 2 is 2.33 bits per heavy atom. The van der Waals surface area contributed by atoms with Crippen molar-refractivity contribution < 1.29 is 4.74 Å². The van der Waals surface area contributed by atoms with Crippen LogP contribution >= 0.6 is 15.9 Å². The molecule has 100 valence electrons. The minimum atomic E-state index is 0.827. The first-order valence-electron chi connectivity index (χ1n) is 6.86. The van der Waals surface area contributed by atoms with E-state index in [1.54, 1.807) is 0 Å². The number of ether oxygens (including phenoxy) is 1. The monoisotopic (exact) mass is 311 g/mol. The number of benzene rings is 1. The van der Waals surface area contributed by atoms with E-state index in [0.29, 0.717) is 0 Å². The number of halogens is 1. The van der Waals surface area contributed by atoms with Crippen LogP contribution in [0, 0.1) is 12.8 Å². The lowest BCUT2D eigenvalue weighted by Crippen LogP contribution is -2.29. The molecular formula is C15H22BrNO. The van der Waals surface area contributed by atoms with Gasteiger partial charge in [-0.1, -0.05) is 22.0 Å². The smallest absolute Gasteiger partial charge is 0.123 e. The van der Waals surface area contributed by atoms with Crippen LogP contribution in [0.4, 0.5) is 0 Å². The van der Waals surface area contributed by atoms with Crippen LogP contribution in [-0.2, 0) is 0 Å². The number of rotatable bonds is 5. The summed E-state index contributed by atoms with van der Waals surface area (Å²) in [6, 6.07) is 6.12. The molecule has 0 amide bonds. The van der Waals surface area contributed by atoms with Crippen LogP contribution in [0.1, 0.15) is 31.2 Å². The Balaban J connectivity index is 1.70. The molecular weight excluding hydrogens is 290 g/mol. The predicted molar refractivity (Wildman–Crippen MR) is 79.2 cm³/mol. The second-order valence-electron chi connectivity index (χ2n) is 5.07. The van der Waals surface area contributed by atoms with Gasteiger partial charge >= 0.3 is 0 Å². The number of piperidine rings is 1. The molecule has 1 N–H and O–H groups in total. The van der Waals surface area contributed by atoms with E-state index in [4.69, 9.17) is 4.74 Å². The molecule has 18 heavy (non-hydrogen) atoms. The SMILES string of the molecule is Cc1c(Br)cccc1OCCC[C@@H]1CCCNC1. The molecule has 1 aromatic rings. The second-order valence-corrected chi connectivity index (χ2v) is 5.92. The highest BCUT2D eigenvalue weighted by Crippen LogP contribution is 2.25. The highest BCUT2D eigenvalue weighted by atomic mass is 79.9. The molecule has 0 saturated carbocycles. The maximum absolute atomic E-state index is 5.86. The van der Waals surface area contributed by atoms with Gasteiger partial charge < -0.3 is 10.1 Å². The maximum atomic E-state index is 5.86. The third-order valence-electron chi connectivity index (χ3n) is 3.63. The highest BCUT2D eigenvalue weighted by Gasteiger charge is 2.12. The molecule has 1 aliphatic rings. The van der Waals surface area contributed by atoms with Crippen LogP contribution in [0.5, 0.6) is 5.75 Å². The Morgan fingerprint density at radius 3 is 3.11 bits per heavy atom. The van der Waals surface area contributed by atoms with Gasteiger partial charge in [-0.2, -0.15) is 0 Å². The Hall–Kier alpha value is -0.540. The summed E-state index contributed by atoms with van der Waals surface area (Å²) in [5, 5.41) is 3.46. The van der Waals surface area contributed by atoms with E-state index in [-0.39, 0.29) is 0 Å². The van der Waals surface area contributed by atoms with E-state index in [2.05, 4.69) is 34.2 Å². The summed E-state index contributed by atoms with van der Waals surface area (Å²) in [6.07, 6.45) is 5.14. The zero-order valence-electron chi connectivity index (χ0n) is 11.0. The first kappa shape index (κ1) is 13.9. The molecule has 1 atom stereocenters. The predicted octanol–water partition coefficient (Wildman–Crippen LogP) is 3.92. The minimum Gasteiger partial charge on any atom is -0.493 e. The van der Waals surface area contributed by atoms with Crippen molar-refractivity contribution in [3.63, 3.8) is 0 Å². The van der Waals surface area contributed by atoms with Crippen molar-refractivity contribution in [1.82, 2.24) is 5.32 Å². The van der Waals surface area contributed by atoms with Gasteiger partial charge in [-0.3, -0.25) is 0 Å². The standard InChI is InChI=1S/C15H22BrNO/c1-12-14(16)7-2-8-15(12)18-10-4-6-13-5-3-9-17-11-13/h2,7-8,13,17H,3-6,9-11H2,1H3/t13-/m0/s1. The van der Waals surface area contributed by atoms with Crippen molar-refractivity contribution in [3.8, 4) is 5.75 Å². The summed E-state index contributed by atoms with van der Waals surface area (Å²) in [5.74, 6) is 1.86. The Labute approximate surface area is 118 Å². The van der Waals surface area contributed by atoms with Gasteiger partial charge in [-0.05, 0) is 63.7 Å². The van der Waals surface area contributed by atoms with E-state index in [1.807, 2.05) is 12.1 Å². The summed E-state index contributed by atoms with van der Waals surface area (Å²) >= 11 is 3.53. The van der Waals surface area contributed by atoms with Crippen molar-refractivity contribution in [1.29, 1.82) is 0 Å². The molecule has 0 aromatic heterocycles. The Morgan fingerprint density at radius 1 is 1.44 bits per heavy atom. The molecule has 0 bridgehead atoms. The van der Waals surface area contributed by atoms with Crippen molar-refractivity contribution >= 4 is 15.9 Å². The number of hydrogen-bond donors (Lipinski definition) is 1. The third kappa shape index (κ3) is 3.99. The Bertz CT molecular complexity index is 375. The Kier molecular flexibility index (Phi) is 5.51. The van der Waals surface area contributed by atoms with Gasteiger partial charge in [0.25, 0.3) is 0 Å². The summed E-state index contributed by atoms with van der Waals surface area (Å²) < 4.78 is 6.98.